The Labute approximate surface area is 208 Å². The first kappa shape index (κ1) is 22.1. The molecule has 0 aromatic carbocycles. The lowest BCUT2D eigenvalue weighted by Gasteiger charge is -2.38. The van der Waals surface area contributed by atoms with E-state index in [0.29, 0.717) is 18.7 Å². The van der Waals surface area contributed by atoms with Crippen molar-refractivity contribution in [3.8, 4) is 28.3 Å². The smallest absolute Gasteiger partial charge is 0.407 e. The van der Waals surface area contributed by atoms with Gasteiger partial charge in [-0.25, -0.2) is 14.3 Å². The number of likely N-dealkylation sites (tertiary alicyclic amines) is 1. The summed E-state index contributed by atoms with van der Waals surface area (Å²) in [6, 6.07) is 8.41. The molecule has 0 atom stereocenters. The summed E-state index contributed by atoms with van der Waals surface area (Å²) in [6.45, 7) is 3.02. The Bertz CT molecular complexity index is 1490. The maximum atomic E-state index is 11.3. The zero-order chi connectivity index (χ0) is 24.9. The lowest BCUT2D eigenvalue weighted by molar-refractivity contribution is 0.0986. The number of amides is 1. The summed E-state index contributed by atoms with van der Waals surface area (Å²) in [7, 11) is 1.88. The molecule has 6 heterocycles. The molecule has 0 aliphatic carbocycles. The molecular weight excluding hydrogens is 456 g/mol. The Morgan fingerprint density at radius 2 is 1.83 bits per heavy atom. The third-order valence-corrected chi connectivity index (χ3v) is 7.69. The van der Waals surface area contributed by atoms with Gasteiger partial charge in [0.05, 0.1) is 23.5 Å². The summed E-state index contributed by atoms with van der Waals surface area (Å²) < 4.78 is 3.51. The molecule has 2 aliphatic heterocycles. The number of fused-ring (bicyclic) bond motifs is 1. The third-order valence-electron chi connectivity index (χ3n) is 7.69. The molecule has 1 N–H and O–H groups in total. The molecule has 10 heteroatoms. The Morgan fingerprint density at radius 1 is 1.03 bits per heavy atom. The minimum atomic E-state index is -0.823. The van der Waals surface area contributed by atoms with E-state index in [1.807, 2.05) is 37.9 Å². The lowest BCUT2D eigenvalue weighted by atomic mass is 9.78. The van der Waals surface area contributed by atoms with E-state index in [9.17, 15) is 15.2 Å². The van der Waals surface area contributed by atoms with Crippen LogP contribution >= 0.6 is 0 Å². The standard InChI is InChI=1S/C26H26N8O2/c1-31-15-21(14-29-31)19-10-22(24-20(11-27)13-30-34(24)16-19)18-2-3-23(28-12-18)33-9-6-26(17-33)4-7-32(8-5-26)25(35)36/h2-3,10,12-16H,4-9,17H2,1H3,(H,35,36). The number of piperidine rings is 1. The fourth-order valence-corrected chi connectivity index (χ4v) is 5.60. The van der Waals surface area contributed by atoms with Gasteiger partial charge in [0, 0.05) is 74.1 Å². The number of rotatable bonds is 3. The number of carbonyl (C=O) groups is 1. The van der Waals surface area contributed by atoms with Crippen LogP contribution in [0.4, 0.5) is 10.6 Å². The molecule has 4 aromatic heterocycles. The van der Waals surface area contributed by atoms with Gasteiger partial charge >= 0.3 is 6.09 Å². The van der Waals surface area contributed by atoms with E-state index in [-0.39, 0.29) is 5.41 Å². The fourth-order valence-electron chi connectivity index (χ4n) is 5.60. The third kappa shape index (κ3) is 3.73. The zero-order valence-corrected chi connectivity index (χ0v) is 20.0. The summed E-state index contributed by atoms with van der Waals surface area (Å²) in [6.07, 6.45) is 11.1. The van der Waals surface area contributed by atoms with Gasteiger partial charge in [0.15, 0.2) is 0 Å². The van der Waals surface area contributed by atoms with E-state index in [4.69, 9.17) is 4.98 Å². The molecule has 6 rings (SSSR count). The second kappa shape index (κ2) is 8.37. The number of carboxylic acid groups (broad SMARTS) is 1. The Kier molecular flexibility index (Phi) is 5.14. The monoisotopic (exact) mass is 482 g/mol. The largest absolute Gasteiger partial charge is 0.465 e. The average Bonchev–Trinajstić information content (AvgIpc) is 3.62. The number of nitrogens with zero attached hydrogens (tertiary/aromatic N) is 8. The second-order valence-corrected chi connectivity index (χ2v) is 9.85. The summed E-state index contributed by atoms with van der Waals surface area (Å²) in [4.78, 5) is 19.9. The van der Waals surface area contributed by atoms with Crippen molar-refractivity contribution < 1.29 is 9.90 Å². The van der Waals surface area contributed by atoms with Crippen LogP contribution in [0.15, 0.2) is 49.2 Å². The summed E-state index contributed by atoms with van der Waals surface area (Å²) in [5, 5.41) is 27.6. The van der Waals surface area contributed by atoms with Crippen molar-refractivity contribution >= 4 is 17.4 Å². The molecule has 2 fully saturated rings. The van der Waals surface area contributed by atoms with Gasteiger partial charge in [-0.15, -0.1) is 0 Å². The molecule has 2 saturated heterocycles. The van der Waals surface area contributed by atoms with Crippen LogP contribution in [0.3, 0.4) is 0 Å². The lowest BCUT2D eigenvalue weighted by Crippen LogP contribution is -2.43. The number of hydrogen-bond donors (Lipinski definition) is 1. The highest BCUT2D eigenvalue weighted by Crippen LogP contribution is 2.42. The highest BCUT2D eigenvalue weighted by atomic mass is 16.4. The molecular formula is C26H26N8O2. The van der Waals surface area contributed by atoms with Gasteiger partial charge in [-0.05, 0) is 42.9 Å². The highest BCUT2D eigenvalue weighted by molar-refractivity contribution is 5.87. The van der Waals surface area contributed by atoms with Crippen molar-refractivity contribution in [3.05, 3.63) is 54.7 Å². The average molecular weight is 483 g/mol. The molecule has 0 unspecified atom stereocenters. The number of aromatic nitrogens is 5. The van der Waals surface area contributed by atoms with Crippen LogP contribution < -0.4 is 4.90 Å². The van der Waals surface area contributed by atoms with Crippen molar-refractivity contribution in [2.24, 2.45) is 12.5 Å². The van der Waals surface area contributed by atoms with Gasteiger partial charge in [-0.3, -0.25) is 4.68 Å². The molecule has 1 spiro atoms. The van der Waals surface area contributed by atoms with Crippen LogP contribution in [0.5, 0.6) is 0 Å². The molecule has 0 bridgehead atoms. The second-order valence-electron chi connectivity index (χ2n) is 9.85. The quantitative estimate of drug-likeness (QED) is 0.474. The van der Waals surface area contributed by atoms with Gasteiger partial charge in [-0.1, -0.05) is 0 Å². The number of nitriles is 1. The van der Waals surface area contributed by atoms with Gasteiger partial charge in [-0.2, -0.15) is 15.5 Å². The molecule has 36 heavy (non-hydrogen) atoms. The van der Waals surface area contributed by atoms with Crippen molar-refractivity contribution in [3.63, 3.8) is 0 Å². The molecule has 2 aliphatic rings. The van der Waals surface area contributed by atoms with Crippen LogP contribution in [-0.2, 0) is 7.05 Å². The predicted octanol–water partition coefficient (Wildman–Crippen LogP) is 3.64. The van der Waals surface area contributed by atoms with E-state index in [1.54, 1.807) is 15.4 Å². The minimum Gasteiger partial charge on any atom is -0.465 e. The maximum absolute atomic E-state index is 11.3. The van der Waals surface area contributed by atoms with Gasteiger partial charge in [0.1, 0.15) is 11.9 Å². The summed E-state index contributed by atoms with van der Waals surface area (Å²) in [5.74, 6) is 0.921. The minimum absolute atomic E-state index is 0.163. The van der Waals surface area contributed by atoms with E-state index < -0.39 is 6.09 Å². The van der Waals surface area contributed by atoms with Crippen LogP contribution in [0, 0.1) is 16.7 Å². The van der Waals surface area contributed by atoms with Crippen LogP contribution in [0.1, 0.15) is 24.8 Å². The highest BCUT2D eigenvalue weighted by Gasteiger charge is 2.41. The summed E-state index contributed by atoms with van der Waals surface area (Å²) >= 11 is 0. The van der Waals surface area contributed by atoms with Gasteiger partial charge in [0.2, 0.25) is 0 Å². The van der Waals surface area contributed by atoms with Crippen LogP contribution in [0.25, 0.3) is 27.8 Å². The number of anilines is 1. The molecule has 0 radical (unpaired) electrons. The predicted molar refractivity (Wildman–Crippen MR) is 133 cm³/mol. The molecule has 1 amide bonds. The first-order valence-corrected chi connectivity index (χ1v) is 12.0. The van der Waals surface area contributed by atoms with Crippen molar-refractivity contribution in [2.75, 3.05) is 31.1 Å². The first-order valence-electron chi connectivity index (χ1n) is 12.0. The number of hydrogen-bond acceptors (Lipinski definition) is 6. The van der Waals surface area contributed by atoms with Crippen LogP contribution in [0.2, 0.25) is 0 Å². The first-order chi connectivity index (χ1) is 17.4. The van der Waals surface area contributed by atoms with Crippen molar-refractivity contribution in [2.45, 2.75) is 19.3 Å². The maximum Gasteiger partial charge on any atom is 0.407 e. The van der Waals surface area contributed by atoms with Crippen molar-refractivity contribution in [1.29, 1.82) is 5.26 Å². The summed E-state index contributed by atoms with van der Waals surface area (Å²) in [5.41, 5.74) is 5.16. The topological polar surface area (TPSA) is 116 Å². The molecule has 4 aromatic rings. The van der Waals surface area contributed by atoms with Crippen LogP contribution in [-0.4, -0.2) is 66.7 Å². The zero-order valence-electron chi connectivity index (χ0n) is 20.0. The molecule has 182 valence electrons. The van der Waals surface area contributed by atoms with E-state index in [1.165, 1.54) is 4.90 Å². The molecule has 10 nitrogen and oxygen atoms in total. The number of aryl methyl sites for hydroxylation is 1. The normalized spacial score (nSPS) is 17.1. The van der Waals surface area contributed by atoms with E-state index in [2.05, 4.69) is 33.3 Å². The number of pyridine rings is 2. The van der Waals surface area contributed by atoms with E-state index >= 15 is 0 Å². The van der Waals surface area contributed by atoms with Gasteiger partial charge in [0.25, 0.3) is 0 Å². The SMILES string of the molecule is Cn1cc(-c2cc(-c3ccc(N4CCC5(CCN(C(=O)O)CC5)C4)nc3)c3c(C#N)cnn3c2)cn1. The molecule has 0 saturated carbocycles. The Morgan fingerprint density at radius 3 is 2.50 bits per heavy atom. The van der Waals surface area contributed by atoms with E-state index in [0.717, 1.165) is 65.9 Å². The van der Waals surface area contributed by atoms with Gasteiger partial charge < -0.3 is 14.9 Å². The Hall–Kier alpha value is -4.39. The Balaban J connectivity index is 1.29. The fraction of sp³-hybridized carbons (Fsp3) is 0.346. The van der Waals surface area contributed by atoms with Crippen molar-refractivity contribution in [1.82, 2.24) is 29.3 Å².